The van der Waals surface area contributed by atoms with E-state index in [-0.39, 0.29) is 12.6 Å². The molecule has 3 nitrogen and oxygen atoms in total. The summed E-state index contributed by atoms with van der Waals surface area (Å²) in [7, 11) is 0. The predicted octanol–water partition coefficient (Wildman–Crippen LogP) is 1.42. The quantitative estimate of drug-likeness (QED) is 0.726. The molecule has 1 aromatic heterocycles. The molecule has 4 heteroatoms. The molecule has 0 aliphatic heterocycles. The first-order chi connectivity index (χ1) is 5.79. The van der Waals surface area contributed by atoms with E-state index in [1.807, 2.05) is 0 Å². The van der Waals surface area contributed by atoms with Crippen molar-refractivity contribution in [1.82, 2.24) is 0 Å². The first-order valence-electron chi connectivity index (χ1n) is 3.64. The van der Waals surface area contributed by atoms with Gasteiger partial charge in [-0.25, -0.2) is 4.79 Å². The fourth-order valence-corrected chi connectivity index (χ4v) is 1.64. The summed E-state index contributed by atoms with van der Waals surface area (Å²) >= 11 is 1.29. The lowest BCUT2D eigenvalue weighted by Gasteiger charge is -1.99. The maximum atomic E-state index is 11.2. The Balaban J connectivity index is 2.79. The Morgan fingerprint density at radius 3 is 3.08 bits per heavy atom. The Morgan fingerprint density at radius 2 is 2.50 bits per heavy atom. The topological polar surface area (TPSA) is 46.5 Å². The van der Waals surface area contributed by atoms with Crippen molar-refractivity contribution in [2.45, 2.75) is 13.5 Å². The van der Waals surface area contributed by atoms with E-state index in [1.54, 1.807) is 18.4 Å². The maximum absolute atomic E-state index is 11.2. The van der Waals surface area contributed by atoms with E-state index in [0.717, 1.165) is 0 Å². The normalized spacial score (nSPS) is 9.83. The molecular formula is C8H10O3S. The molecule has 0 aliphatic rings. The molecule has 0 atom stereocenters. The predicted molar refractivity (Wildman–Crippen MR) is 46.2 cm³/mol. The van der Waals surface area contributed by atoms with Crippen LogP contribution in [0.3, 0.4) is 0 Å². The molecule has 1 heterocycles. The Kier molecular flexibility index (Phi) is 3.25. The second-order valence-electron chi connectivity index (χ2n) is 2.15. The van der Waals surface area contributed by atoms with Crippen molar-refractivity contribution in [2.75, 3.05) is 6.61 Å². The number of esters is 1. The van der Waals surface area contributed by atoms with E-state index in [4.69, 9.17) is 9.84 Å². The summed E-state index contributed by atoms with van der Waals surface area (Å²) in [5.41, 5.74) is 0.637. The van der Waals surface area contributed by atoms with Gasteiger partial charge in [0.2, 0.25) is 0 Å². The van der Waals surface area contributed by atoms with Crippen LogP contribution in [0.2, 0.25) is 0 Å². The summed E-state index contributed by atoms with van der Waals surface area (Å²) in [5.74, 6) is -0.350. The summed E-state index contributed by atoms with van der Waals surface area (Å²) in [5, 5.41) is 10.6. The summed E-state index contributed by atoms with van der Waals surface area (Å²) in [6, 6.07) is 1.72. The standard InChI is InChI=1S/C8H10O3S/c1-2-11-8(10)7-6(5-9)3-4-12-7/h3-4,9H,2,5H2,1H3. The van der Waals surface area contributed by atoms with Crippen LogP contribution in [0.1, 0.15) is 22.2 Å². The van der Waals surface area contributed by atoms with E-state index in [0.29, 0.717) is 17.0 Å². The minimum absolute atomic E-state index is 0.113. The summed E-state index contributed by atoms with van der Waals surface area (Å²) in [6.45, 7) is 2.00. The third-order valence-corrected chi connectivity index (χ3v) is 2.31. The van der Waals surface area contributed by atoms with Gasteiger partial charge in [-0.1, -0.05) is 0 Å². The van der Waals surface area contributed by atoms with Crippen LogP contribution in [0.15, 0.2) is 11.4 Å². The highest BCUT2D eigenvalue weighted by molar-refractivity contribution is 7.12. The minimum Gasteiger partial charge on any atom is -0.462 e. The smallest absolute Gasteiger partial charge is 0.348 e. The molecule has 0 spiro atoms. The molecule has 0 fully saturated rings. The average molecular weight is 186 g/mol. The van der Waals surface area contributed by atoms with Gasteiger partial charge in [-0.15, -0.1) is 11.3 Å². The molecular weight excluding hydrogens is 176 g/mol. The fraction of sp³-hybridized carbons (Fsp3) is 0.375. The molecule has 0 amide bonds. The van der Waals surface area contributed by atoms with Gasteiger partial charge in [0.1, 0.15) is 4.88 Å². The average Bonchev–Trinajstić information content (AvgIpc) is 2.51. The zero-order valence-electron chi connectivity index (χ0n) is 6.74. The number of aliphatic hydroxyl groups excluding tert-OH is 1. The third kappa shape index (κ3) is 1.84. The van der Waals surface area contributed by atoms with Gasteiger partial charge in [0.15, 0.2) is 0 Å². The molecule has 0 bridgehead atoms. The van der Waals surface area contributed by atoms with Crippen LogP contribution in [0, 0.1) is 0 Å². The van der Waals surface area contributed by atoms with Crippen molar-refractivity contribution in [1.29, 1.82) is 0 Å². The van der Waals surface area contributed by atoms with E-state index in [2.05, 4.69) is 0 Å². The second kappa shape index (κ2) is 4.23. The number of ether oxygens (including phenoxy) is 1. The minimum atomic E-state index is -0.350. The highest BCUT2D eigenvalue weighted by Gasteiger charge is 2.12. The van der Waals surface area contributed by atoms with E-state index >= 15 is 0 Å². The second-order valence-corrected chi connectivity index (χ2v) is 3.07. The van der Waals surface area contributed by atoms with Crippen molar-refractivity contribution in [3.05, 3.63) is 21.9 Å². The molecule has 0 unspecified atom stereocenters. The highest BCUT2D eigenvalue weighted by Crippen LogP contribution is 2.17. The molecule has 1 aromatic rings. The number of hydrogen-bond acceptors (Lipinski definition) is 4. The van der Waals surface area contributed by atoms with Gasteiger partial charge >= 0.3 is 5.97 Å². The molecule has 1 rings (SSSR count). The van der Waals surface area contributed by atoms with Crippen molar-refractivity contribution in [3.8, 4) is 0 Å². The van der Waals surface area contributed by atoms with Crippen molar-refractivity contribution in [3.63, 3.8) is 0 Å². The largest absolute Gasteiger partial charge is 0.462 e. The van der Waals surface area contributed by atoms with Gasteiger partial charge in [0.05, 0.1) is 13.2 Å². The molecule has 0 radical (unpaired) electrons. The third-order valence-electron chi connectivity index (χ3n) is 1.38. The number of aliphatic hydroxyl groups is 1. The number of thiophene rings is 1. The van der Waals surface area contributed by atoms with E-state index < -0.39 is 0 Å². The van der Waals surface area contributed by atoms with Crippen LogP contribution in [0.5, 0.6) is 0 Å². The number of carbonyl (C=O) groups excluding carboxylic acids is 1. The number of hydrogen-bond donors (Lipinski definition) is 1. The Morgan fingerprint density at radius 1 is 1.75 bits per heavy atom. The molecule has 1 N–H and O–H groups in total. The van der Waals surface area contributed by atoms with Crippen molar-refractivity contribution >= 4 is 17.3 Å². The molecule has 66 valence electrons. The van der Waals surface area contributed by atoms with Gasteiger partial charge in [-0.05, 0) is 18.4 Å². The van der Waals surface area contributed by atoms with E-state index in [9.17, 15) is 4.79 Å². The van der Waals surface area contributed by atoms with Gasteiger partial charge in [0.25, 0.3) is 0 Å². The Bertz CT molecular complexity index is 267. The molecule has 12 heavy (non-hydrogen) atoms. The van der Waals surface area contributed by atoms with Gasteiger partial charge in [-0.3, -0.25) is 0 Å². The molecule has 0 saturated carbocycles. The molecule has 0 aliphatic carbocycles. The van der Waals surface area contributed by atoms with Gasteiger partial charge < -0.3 is 9.84 Å². The van der Waals surface area contributed by atoms with Crippen LogP contribution >= 0.6 is 11.3 Å². The lowest BCUT2D eigenvalue weighted by Crippen LogP contribution is -2.04. The Hall–Kier alpha value is -0.870. The van der Waals surface area contributed by atoms with Gasteiger partial charge in [0, 0.05) is 5.56 Å². The molecule has 0 aromatic carbocycles. The number of carbonyl (C=O) groups is 1. The highest BCUT2D eigenvalue weighted by atomic mass is 32.1. The SMILES string of the molecule is CCOC(=O)c1sccc1CO. The molecule has 0 saturated heterocycles. The van der Waals surface area contributed by atoms with Crippen molar-refractivity contribution in [2.24, 2.45) is 0 Å². The zero-order valence-corrected chi connectivity index (χ0v) is 7.56. The van der Waals surface area contributed by atoms with E-state index in [1.165, 1.54) is 11.3 Å². The summed E-state index contributed by atoms with van der Waals surface area (Å²) < 4.78 is 4.79. The Labute approximate surface area is 74.6 Å². The van der Waals surface area contributed by atoms with Crippen LogP contribution in [-0.4, -0.2) is 17.7 Å². The lowest BCUT2D eigenvalue weighted by molar-refractivity contribution is 0.0529. The van der Waals surface area contributed by atoms with Crippen LogP contribution in [-0.2, 0) is 11.3 Å². The maximum Gasteiger partial charge on any atom is 0.348 e. The fourth-order valence-electron chi connectivity index (χ4n) is 0.836. The zero-order chi connectivity index (χ0) is 8.97. The first kappa shape index (κ1) is 9.22. The first-order valence-corrected chi connectivity index (χ1v) is 4.52. The van der Waals surface area contributed by atoms with Gasteiger partial charge in [-0.2, -0.15) is 0 Å². The van der Waals surface area contributed by atoms with Crippen LogP contribution in [0.4, 0.5) is 0 Å². The van der Waals surface area contributed by atoms with Crippen molar-refractivity contribution < 1.29 is 14.6 Å². The monoisotopic (exact) mass is 186 g/mol. The lowest BCUT2D eigenvalue weighted by atomic mass is 10.3. The van der Waals surface area contributed by atoms with Crippen LogP contribution < -0.4 is 0 Å². The summed E-state index contributed by atoms with van der Waals surface area (Å²) in [4.78, 5) is 11.7. The summed E-state index contributed by atoms with van der Waals surface area (Å²) in [6.07, 6.45) is 0. The van der Waals surface area contributed by atoms with Crippen LogP contribution in [0.25, 0.3) is 0 Å². The number of rotatable bonds is 3.